The number of hydrogen-bond acceptors (Lipinski definition) is 4. The van der Waals surface area contributed by atoms with E-state index in [1.54, 1.807) is 4.90 Å². The molecule has 1 aliphatic rings. The molecule has 5 nitrogen and oxygen atoms in total. The van der Waals surface area contributed by atoms with Crippen molar-refractivity contribution in [1.29, 1.82) is 0 Å². The van der Waals surface area contributed by atoms with Gasteiger partial charge in [0.15, 0.2) is 0 Å². The molecule has 1 atom stereocenters. The van der Waals surface area contributed by atoms with E-state index in [2.05, 4.69) is 24.4 Å². The zero-order valence-electron chi connectivity index (χ0n) is 15.9. The molecule has 144 valence electrons. The topological polar surface area (TPSA) is 54.5 Å². The standard InChI is InChI=1S/C22H22ClN3O2/c1-14-5-3-6-16-21(14)17(20-12-26(13-27)9-10-28-20)11-24-22(16)25-19-8-4-7-18(23)15(19)2/h3-8,11,13,20H,9-10,12H2,1-2H3,(H,24,25). The minimum atomic E-state index is -0.183. The van der Waals surface area contributed by atoms with Crippen molar-refractivity contribution in [3.63, 3.8) is 0 Å². The van der Waals surface area contributed by atoms with E-state index in [9.17, 15) is 4.79 Å². The number of anilines is 2. The third-order valence-electron chi connectivity index (χ3n) is 5.26. The first-order chi connectivity index (χ1) is 13.6. The summed E-state index contributed by atoms with van der Waals surface area (Å²) in [5.41, 5.74) is 4.06. The molecule has 0 bridgehead atoms. The third kappa shape index (κ3) is 3.43. The number of carbonyl (C=O) groups is 1. The monoisotopic (exact) mass is 395 g/mol. The minimum absolute atomic E-state index is 0.183. The van der Waals surface area contributed by atoms with Crippen LogP contribution in [0.15, 0.2) is 42.6 Å². The molecule has 1 aromatic heterocycles. The number of carbonyl (C=O) groups excluding carboxylic acids is 1. The van der Waals surface area contributed by atoms with Crippen LogP contribution in [0.25, 0.3) is 10.8 Å². The Labute approximate surface area is 169 Å². The van der Waals surface area contributed by atoms with Gasteiger partial charge in [0, 0.05) is 34.4 Å². The molecule has 0 radical (unpaired) electrons. The van der Waals surface area contributed by atoms with Crippen LogP contribution in [0.1, 0.15) is 22.8 Å². The second kappa shape index (κ2) is 7.78. The molecular formula is C22H22ClN3O2. The maximum absolute atomic E-state index is 11.2. The predicted octanol–water partition coefficient (Wildman–Crippen LogP) is 4.78. The maximum Gasteiger partial charge on any atom is 0.209 e. The van der Waals surface area contributed by atoms with Gasteiger partial charge in [-0.25, -0.2) is 4.98 Å². The molecule has 3 aromatic rings. The number of fused-ring (bicyclic) bond motifs is 1. The van der Waals surface area contributed by atoms with Gasteiger partial charge in [0.1, 0.15) is 11.9 Å². The van der Waals surface area contributed by atoms with Crippen LogP contribution in [-0.2, 0) is 9.53 Å². The number of nitrogens with zero attached hydrogens (tertiary/aromatic N) is 2. The second-order valence-corrected chi connectivity index (χ2v) is 7.46. The van der Waals surface area contributed by atoms with Crippen LogP contribution in [0, 0.1) is 13.8 Å². The van der Waals surface area contributed by atoms with Gasteiger partial charge in [0.25, 0.3) is 0 Å². The smallest absolute Gasteiger partial charge is 0.209 e. The van der Waals surface area contributed by atoms with Crippen molar-refractivity contribution >= 4 is 40.3 Å². The first kappa shape index (κ1) is 18.7. The highest BCUT2D eigenvalue weighted by atomic mass is 35.5. The minimum Gasteiger partial charge on any atom is -0.370 e. The molecule has 1 saturated heterocycles. The van der Waals surface area contributed by atoms with Crippen LogP contribution < -0.4 is 5.32 Å². The van der Waals surface area contributed by atoms with Crippen molar-refractivity contribution < 1.29 is 9.53 Å². The van der Waals surface area contributed by atoms with Crippen molar-refractivity contribution in [2.24, 2.45) is 0 Å². The quantitative estimate of drug-likeness (QED) is 0.646. The highest BCUT2D eigenvalue weighted by Crippen LogP contribution is 2.35. The Balaban J connectivity index is 1.79. The molecule has 1 amide bonds. The summed E-state index contributed by atoms with van der Waals surface area (Å²) in [4.78, 5) is 17.7. The van der Waals surface area contributed by atoms with E-state index >= 15 is 0 Å². The lowest BCUT2D eigenvalue weighted by Crippen LogP contribution is -2.37. The Hall–Kier alpha value is -2.63. The van der Waals surface area contributed by atoms with E-state index in [-0.39, 0.29) is 6.10 Å². The van der Waals surface area contributed by atoms with Crippen LogP contribution in [0.5, 0.6) is 0 Å². The number of ether oxygens (including phenoxy) is 1. The lowest BCUT2D eigenvalue weighted by Gasteiger charge is -2.31. The summed E-state index contributed by atoms with van der Waals surface area (Å²) in [6.07, 6.45) is 2.56. The van der Waals surface area contributed by atoms with Gasteiger partial charge in [0.2, 0.25) is 6.41 Å². The molecule has 4 rings (SSSR count). The molecule has 2 heterocycles. The normalized spacial score (nSPS) is 17.0. The SMILES string of the molecule is Cc1c(Cl)cccc1Nc1ncc(C2CN(C=O)CCO2)c2c(C)cccc12. The van der Waals surface area contributed by atoms with Gasteiger partial charge in [-0.1, -0.05) is 35.9 Å². The van der Waals surface area contributed by atoms with Crippen LogP contribution in [0.4, 0.5) is 11.5 Å². The van der Waals surface area contributed by atoms with Gasteiger partial charge in [-0.15, -0.1) is 0 Å². The fourth-order valence-electron chi connectivity index (χ4n) is 3.68. The van der Waals surface area contributed by atoms with Crippen molar-refractivity contribution in [2.45, 2.75) is 20.0 Å². The maximum atomic E-state index is 11.2. The number of morpholine rings is 1. The molecule has 1 fully saturated rings. The summed E-state index contributed by atoms with van der Waals surface area (Å²) in [5.74, 6) is 0.774. The van der Waals surface area contributed by atoms with Gasteiger partial charge in [-0.05, 0) is 42.5 Å². The Kier molecular flexibility index (Phi) is 5.20. The van der Waals surface area contributed by atoms with Gasteiger partial charge < -0.3 is 15.0 Å². The van der Waals surface area contributed by atoms with E-state index in [1.165, 1.54) is 0 Å². The van der Waals surface area contributed by atoms with Gasteiger partial charge >= 0.3 is 0 Å². The summed E-state index contributed by atoms with van der Waals surface area (Å²) in [5, 5.41) is 6.27. The molecule has 2 aromatic carbocycles. The van der Waals surface area contributed by atoms with Crippen LogP contribution >= 0.6 is 11.6 Å². The summed E-state index contributed by atoms with van der Waals surface area (Å²) < 4.78 is 5.97. The molecule has 0 aliphatic carbocycles. The van der Waals surface area contributed by atoms with E-state index in [1.807, 2.05) is 37.4 Å². The van der Waals surface area contributed by atoms with Crippen LogP contribution in [0.2, 0.25) is 5.02 Å². The van der Waals surface area contributed by atoms with Gasteiger partial charge in [-0.2, -0.15) is 0 Å². The van der Waals surface area contributed by atoms with Crippen LogP contribution in [0.3, 0.4) is 0 Å². The number of benzene rings is 2. The summed E-state index contributed by atoms with van der Waals surface area (Å²) >= 11 is 6.27. The summed E-state index contributed by atoms with van der Waals surface area (Å²) in [6.45, 7) is 5.75. The number of rotatable bonds is 4. The first-order valence-corrected chi connectivity index (χ1v) is 9.67. The number of halogens is 1. The number of amides is 1. The van der Waals surface area contributed by atoms with Crippen molar-refractivity contribution in [3.05, 3.63) is 64.3 Å². The van der Waals surface area contributed by atoms with Crippen molar-refractivity contribution in [2.75, 3.05) is 25.0 Å². The average molecular weight is 396 g/mol. The van der Waals surface area contributed by atoms with Gasteiger partial charge in [-0.3, -0.25) is 4.79 Å². The Morgan fingerprint density at radius 3 is 2.89 bits per heavy atom. The molecule has 1 aliphatic heterocycles. The van der Waals surface area contributed by atoms with E-state index in [0.717, 1.165) is 45.4 Å². The lowest BCUT2D eigenvalue weighted by atomic mass is 9.97. The summed E-state index contributed by atoms with van der Waals surface area (Å²) in [7, 11) is 0. The van der Waals surface area contributed by atoms with Crippen LogP contribution in [-0.4, -0.2) is 36.0 Å². The van der Waals surface area contributed by atoms with E-state index in [0.29, 0.717) is 24.7 Å². The molecule has 1 unspecified atom stereocenters. The van der Waals surface area contributed by atoms with Gasteiger partial charge in [0.05, 0.1) is 13.2 Å². The van der Waals surface area contributed by atoms with Crippen molar-refractivity contribution in [1.82, 2.24) is 9.88 Å². The van der Waals surface area contributed by atoms with E-state index in [4.69, 9.17) is 21.3 Å². The predicted molar refractivity (Wildman–Crippen MR) is 112 cm³/mol. The first-order valence-electron chi connectivity index (χ1n) is 9.30. The molecule has 6 heteroatoms. The Morgan fingerprint density at radius 2 is 2.07 bits per heavy atom. The zero-order valence-corrected chi connectivity index (χ0v) is 16.7. The Morgan fingerprint density at radius 1 is 1.25 bits per heavy atom. The summed E-state index contributed by atoms with van der Waals surface area (Å²) in [6, 6.07) is 12.0. The Bertz CT molecular complexity index is 1040. The fourth-order valence-corrected chi connectivity index (χ4v) is 3.86. The number of pyridine rings is 1. The second-order valence-electron chi connectivity index (χ2n) is 7.06. The molecular weight excluding hydrogens is 374 g/mol. The molecule has 0 saturated carbocycles. The number of aryl methyl sites for hydroxylation is 1. The fraction of sp³-hybridized carbons (Fsp3) is 0.273. The number of nitrogens with one attached hydrogen (secondary N) is 1. The van der Waals surface area contributed by atoms with E-state index < -0.39 is 0 Å². The molecule has 28 heavy (non-hydrogen) atoms. The molecule has 1 N–H and O–H groups in total. The highest BCUT2D eigenvalue weighted by molar-refractivity contribution is 6.31. The molecule has 0 spiro atoms. The van der Waals surface area contributed by atoms with Crippen molar-refractivity contribution in [3.8, 4) is 0 Å². The lowest BCUT2D eigenvalue weighted by molar-refractivity contribution is -0.125. The number of aromatic nitrogens is 1. The average Bonchev–Trinajstić information content (AvgIpc) is 2.72. The number of hydrogen-bond donors (Lipinski definition) is 1. The largest absolute Gasteiger partial charge is 0.370 e. The third-order valence-corrected chi connectivity index (χ3v) is 5.67. The highest BCUT2D eigenvalue weighted by Gasteiger charge is 2.24. The zero-order chi connectivity index (χ0) is 19.7.